The van der Waals surface area contributed by atoms with E-state index >= 15 is 0 Å². The Labute approximate surface area is 170 Å². The molecule has 2 aromatic heterocycles. The van der Waals surface area contributed by atoms with Crippen LogP contribution in [0.4, 0.5) is 17.3 Å². The molecule has 0 atom stereocenters. The van der Waals surface area contributed by atoms with Gasteiger partial charge in [-0.15, -0.1) is 0 Å². The molecule has 8 heteroatoms. The van der Waals surface area contributed by atoms with Crippen molar-refractivity contribution in [2.75, 3.05) is 42.9 Å². The number of benzene rings is 1. The van der Waals surface area contributed by atoms with Gasteiger partial charge < -0.3 is 14.8 Å². The molecular formula is C21H24N8. The second-order valence-electron chi connectivity index (χ2n) is 7.04. The molecule has 0 spiro atoms. The maximum Gasteiger partial charge on any atom is 0.158 e. The zero-order valence-corrected chi connectivity index (χ0v) is 16.5. The molecular weight excluding hydrogens is 364 g/mol. The number of rotatable bonds is 6. The minimum Gasteiger partial charge on any atom is -0.369 e. The van der Waals surface area contributed by atoms with Crippen molar-refractivity contribution < 1.29 is 0 Å². The number of nitrogens with zero attached hydrogens (tertiary/aromatic N) is 7. The Morgan fingerprint density at radius 2 is 1.86 bits per heavy atom. The van der Waals surface area contributed by atoms with E-state index in [4.69, 9.17) is 5.26 Å². The molecule has 1 aromatic carbocycles. The van der Waals surface area contributed by atoms with Gasteiger partial charge in [-0.3, -0.25) is 4.90 Å². The molecule has 0 aliphatic carbocycles. The van der Waals surface area contributed by atoms with Crippen LogP contribution in [0.25, 0.3) is 5.69 Å². The summed E-state index contributed by atoms with van der Waals surface area (Å²) in [7, 11) is 0. The average molecular weight is 388 g/mol. The molecule has 0 unspecified atom stereocenters. The molecule has 1 saturated heterocycles. The van der Waals surface area contributed by atoms with Crippen LogP contribution in [0.15, 0.2) is 49.2 Å². The maximum atomic E-state index is 8.81. The molecule has 0 amide bonds. The van der Waals surface area contributed by atoms with Gasteiger partial charge in [0.1, 0.15) is 24.0 Å². The summed E-state index contributed by atoms with van der Waals surface area (Å²) in [6.45, 7) is 7.75. The molecule has 1 aliphatic heterocycles. The summed E-state index contributed by atoms with van der Waals surface area (Å²) in [5, 5.41) is 11.9. The molecule has 1 N–H and O–H groups in total. The summed E-state index contributed by atoms with van der Waals surface area (Å²) in [5.74, 6) is 1.22. The molecule has 148 valence electrons. The number of hydrogen-bond donors (Lipinski definition) is 1. The summed E-state index contributed by atoms with van der Waals surface area (Å²) in [5.41, 5.74) is 2.58. The van der Waals surface area contributed by atoms with Crippen molar-refractivity contribution in [2.24, 2.45) is 0 Å². The summed E-state index contributed by atoms with van der Waals surface area (Å²) < 4.78 is 1.98. The number of aromatic nitrogens is 4. The lowest BCUT2D eigenvalue weighted by Crippen LogP contribution is -2.46. The van der Waals surface area contributed by atoms with Crippen LogP contribution in [0.5, 0.6) is 0 Å². The van der Waals surface area contributed by atoms with Crippen LogP contribution in [0.2, 0.25) is 0 Å². The molecule has 0 saturated carbocycles. The van der Waals surface area contributed by atoms with Gasteiger partial charge in [-0.05, 0) is 31.2 Å². The van der Waals surface area contributed by atoms with E-state index in [0.717, 1.165) is 31.9 Å². The number of piperazine rings is 1. The highest BCUT2D eigenvalue weighted by atomic mass is 15.3. The lowest BCUT2D eigenvalue weighted by Gasteiger charge is -2.36. The minimum absolute atomic E-state index is 0.286. The molecule has 29 heavy (non-hydrogen) atoms. The Bertz CT molecular complexity index is 980. The summed E-state index contributed by atoms with van der Waals surface area (Å²) in [6.07, 6.45) is 7.86. The van der Waals surface area contributed by atoms with Crippen molar-refractivity contribution in [1.82, 2.24) is 24.4 Å². The maximum absolute atomic E-state index is 8.81. The smallest absolute Gasteiger partial charge is 0.158 e. The quantitative estimate of drug-likeness (QED) is 0.695. The molecule has 1 fully saturated rings. The van der Waals surface area contributed by atoms with Gasteiger partial charge in [-0.25, -0.2) is 15.0 Å². The number of anilines is 3. The fraction of sp³-hybridized carbons (Fsp3) is 0.333. The predicted molar refractivity (Wildman–Crippen MR) is 113 cm³/mol. The van der Waals surface area contributed by atoms with Gasteiger partial charge in [0.2, 0.25) is 0 Å². The van der Waals surface area contributed by atoms with E-state index in [1.807, 2.05) is 16.8 Å². The zero-order valence-electron chi connectivity index (χ0n) is 16.5. The van der Waals surface area contributed by atoms with Gasteiger partial charge in [0.05, 0.1) is 18.6 Å². The molecule has 3 aromatic rings. The van der Waals surface area contributed by atoms with E-state index in [-0.39, 0.29) is 5.69 Å². The van der Waals surface area contributed by atoms with Crippen LogP contribution < -0.4 is 10.2 Å². The van der Waals surface area contributed by atoms with Gasteiger partial charge in [0.25, 0.3) is 0 Å². The van der Waals surface area contributed by atoms with E-state index in [1.54, 1.807) is 6.33 Å². The first-order valence-corrected chi connectivity index (χ1v) is 9.86. The van der Waals surface area contributed by atoms with Crippen molar-refractivity contribution in [3.63, 3.8) is 0 Å². The van der Waals surface area contributed by atoms with E-state index in [0.29, 0.717) is 11.6 Å². The summed E-state index contributed by atoms with van der Waals surface area (Å²) in [6, 6.07) is 10.5. The first-order valence-electron chi connectivity index (χ1n) is 9.86. The van der Waals surface area contributed by atoms with Crippen LogP contribution in [0, 0.1) is 11.3 Å². The third-order valence-electron chi connectivity index (χ3n) is 5.01. The molecule has 8 nitrogen and oxygen atoms in total. The summed E-state index contributed by atoms with van der Waals surface area (Å²) in [4.78, 5) is 17.5. The lowest BCUT2D eigenvalue weighted by molar-refractivity contribution is 0.258. The van der Waals surface area contributed by atoms with Crippen LogP contribution in [0.3, 0.4) is 0 Å². The fourth-order valence-electron chi connectivity index (χ4n) is 3.51. The molecule has 0 bridgehead atoms. The van der Waals surface area contributed by atoms with Crippen LogP contribution >= 0.6 is 0 Å². The van der Waals surface area contributed by atoms with Crippen LogP contribution in [-0.4, -0.2) is 57.1 Å². The monoisotopic (exact) mass is 388 g/mol. The number of imidazole rings is 1. The lowest BCUT2D eigenvalue weighted by atomic mass is 10.2. The SMILES string of the molecule is CCCN1CCN(c2cccc(-n3cnc(Nc4cnc(C#N)cn4)c3)c2)CC1. The van der Waals surface area contributed by atoms with E-state index in [1.165, 1.54) is 31.0 Å². The van der Waals surface area contributed by atoms with E-state index in [2.05, 4.69) is 61.3 Å². The van der Waals surface area contributed by atoms with Crippen LogP contribution in [-0.2, 0) is 0 Å². The third kappa shape index (κ3) is 4.52. The Hall–Kier alpha value is -3.44. The van der Waals surface area contributed by atoms with E-state index < -0.39 is 0 Å². The molecule has 4 rings (SSSR count). The summed E-state index contributed by atoms with van der Waals surface area (Å²) >= 11 is 0. The van der Waals surface area contributed by atoms with Crippen molar-refractivity contribution in [1.29, 1.82) is 5.26 Å². The first kappa shape index (κ1) is 18.9. The number of nitriles is 1. The van der Waals surface area contributed by atoms with Crippen molar-refractivity contribution in [3.05, 3.63) is 54.9 Å². The normalized spacial score (nSPS) is 14.6. The predicted octanol–water partition coefficient (Wildman–Crippen LogP) is 2.81. The third-order valence-corrected chi connectivity index (χ3v) is 5.01. The van der Waals surface area contributed by atoms with Crippen molar-refractivity contribution in [3.8, 4) is 11.8 Å². The van der Waals surface area contributed by atoms with Gasteiger partial charge in [-0.1, -0.05) is 13.0 Å². The Kier molecular flexibility index (Phi) is 5.68. The fourth-order valence-corrected chi connectivity index (χ4v) is 3.51. The van der Waals surface area contributed by atoms with Gasteiger partial charge >= 0.3 is 0 Å². The standard InChI is InChI=1S/C21H24N8/c1-2-6-27-7-9-28(10-8-27)18-4-3-5-19(11-18)29-15-21(25-16-29)26-20-14-23-17(12-22)13-24-20/h3-5,11,13-16H,2,6-10H2,1H3,(H,24,26). The number of hydrogen-bond acceptors (Lipinski definition) is 7. The Morgan fingerprint density at radius 1 is 1.03 bits per heavy atom. The zero-order chi connectivity index (χ0) is 20.1. The van der Waals surface area contributed by atoms with Crippen molar-refractivity contribution >= 4 is 17.3 Å². The highest BCUT2D eigenvalue weighted by Gasteiger charge is 2.16. The highest BCUT2D eigenvalue weighted by Crippen LogP contribution is 2.22. The second-order valence-corrected chi connectivity index (χ2v) is 7.04. The molecule has 1 aliphatic rings. The first-order chi connectivity index (χ1) is 14.2. The number of nitrogens with one attached hydrogen (secondary N) is 1. The largest absolute Gasteiger partial charge is 0.369 e. The average Bonchev–Trinajstić information content (AvgIpc) is 3.24. The Morgan fingerprint density at radius 3 is 2.59 bits per heavy atom. The van der Waals surface area contributed by atoms with E-state index in [9.17, 15) is 0 Å². The second kappa shape index (κ2) is 8.71. The minimum atomic E-state index is 0.286. The van der Waals surface area contributed by atoms with Crippen LogP contribution in [0.1, 0.15) is 19.0 Å². The topological polar surface area (TPSA) is 85.9 Å². The van der Waals surface area contributed by atoms with Gasteiger partial charge in [0.15, 0.2) is 5.69 Å². The van der Waals surface area contributed by atoms with Crippen molar-refractivity contribution in [2.45, 2.75) is 13.3 Å². The molecule has 3 heterocycles. The highest BCUT2D eigenvalue weighted by molar-refractivity contribution is 5.55. The van der Waals surface area contributed by atoms with Gasteiger partial charge in [0, 0.05) is 37.6 Å². The Balaban J connectivity index is 1.44. The molecule has 0 radical (unpaired) electrons. The van der Waals surface area contributed by atoms with Gasteiger partial charge in [-0.2, -0.15) is 5.26 Å².